The second-order valence-corrected chi connectivity index (χ2v) is 10.7. The minimum atomic E-state index is -3.86. The van der Waals surface area contributed by atoms with E-state index in [-0.39, 0.29) is 34.0 Å². The summed E-state index contributed by atoms with van der Waals surface area (Å²) in [4.78, 5) is 25.7. The van der Waals surface area contributed by atoms with E-state index in [1.807, 2.05) is 0 Å². The number of nitrogens with zero attached hydrogens (tertiary/aromatic N) is 1. The fourth-order valence-corrected chi connectivity index (χ4v) is 4.98. The SMILES string of the molecule is CCOc1ccc(C(=O)Nc2cc(OC)c(OC)cc2C(=O)OC)cc1CN(C)S(=O)(=O)c1ccc(Cl)cc1. The van der Waals surface area contributed by atoms with Gasteiger partial charge in [0.05, 0.1) is 44.1 Å². The summed E-state index contributed by atoms with van der Waals surface area (Å²) >= 11 is 5.90. The third kappa shape index (κ3) is 6.80. The summed E-state index contributed by atoms with van der Waals surface area (Å²) in [6.45, 7) is 2.05. The Bertz CT molecular complexity index is 1460. The van der Waals surface area contributed by atoms with Crippen LogP contribution >= 0.6 is 11.6 Å². The van der Waals surface area contributed by atoms with Crippen LogP contribution in [0.4, 0.5) is 5.69 Å². The van der Waals surface area contributed by atoms with Gasteiger partial charge < -0.3 is 24.3 Å². The number of esters is 1. The Labute approximate surface area is 232 Å². The molecule has 0 bridgehead atoms. The van der Waals surface area contributed by atoms with Gasteiger partial charge in [-0.15, -0.1) is 0 Å². The zero-order chi connectivity index (χ0) is 28.7. The van der Waals surface area contributed by atoms with Gasteiger partial charge in [-0.3, -0.25) is 4.79 Å². The molecule has 0 atom stereocenters. The van der Waals surface area contributed by atoms with Crippen LogP contribution in [0, 0.1) is 0 Å². The third-order valence-corrected chi connectivity index (χ3v) is 7.78. The number of methoxy groups -OCH3 is 3. The highest BCUT2D eigenvalue weighted by atomic mass is 35.5. The molecular formula is C27H29ClN2O8S. The molecule has 12 heteroatoms. The van der Waals surface area contributed by atoms with Crippen LogP contribution in [0.1, 0.15) is 33.2 Å². The Kier molecular flexibility index (Phi) is 9.79. The number of sulfonamides is 1. The largest absolute Gasteiger partial charge is 0.494 e. The number of amides is 1. The lowest BCUT2D eigenvalue weighted by atomic mass is 10.1. The molecule has 0 aliphatic carbocycles. The van der Waals surface area contributed by atoms with Gasteiger partial charge in [0, 0.05) is 41.9 Å². The maximum atomic E-state index is 13.3. The average Bonchev–Trinajstić information content (AvgIpc) is 2.93. The lowest BCUT2D eigenvalue weighted by molar-refractivity contribution is 0.0601. The molecule has 0 aliphatic rings. The minimum Gasteiger partial charge on any atom is -0.494 e. The number of hydrogen-bond donors (Lipinski definition) is 1. The monoisotopic (exact) mass is 576 g/mol. The minimum absolute atomic E-state index is 0.0588. The zero-order valence-electron chi connectivity index (χ0n) is 22.1. The standard InChI is InChI=1S/C27H29ClN2O8S/c1-6-38-23-12-7-17(13-18(23)16-30(2)39(33,34)20-10-8-19(28)9-11-20)26(31)29-22-15-25(36-4)24(35-3)14-21(22)27(32)37-5/h7-15H,6,16H2,1-5H3,(H,29,31). The molecule has 0 aromatic heterocycles. The molecule has 10 nitrogen and oxygen atoms in total. The van der Waals surface area contributed by atoms with E-state index >= 15 is 0 Å². The number of benzene rings is 3. The van der Waals surface area contributed by atoms with Crippen LogP contribution in [0.2, 0.25) is 5.02 Å². The van der Waals surface area contributed by atoms with E-state index in [2.05, 4.69) is 5.32 Å². The molecule has 208 valence electrons. The summed E-state index contributed by atoms with van der Waals surface area (Å²) in [5, 5.41) is 3.12. The second-order valence-electron chi connectivity index (χ2n) is 8.17. The van der Waals surface area contributed by atoms with Crippen molar-refractivity contribution in [2.75, 3.05) is 40.3 Å². The first-order valence-electron chi connectivity index (χ1n) is 11.7. The molecule has 0 saturated carbocycles. The number of rotatable bonds is 11. The average molecular weight is 577 g/mol. The highest BCUT2D eigenvalue weighted by Crippen LogP contribution is 2.34. The fraction of sp³-hybridized carbons (Fsp3) is 0.259. The first kappa shape index (κ1) is 29.8. The van der Waals surface area contributed by atoms with Crippen LogP contribution < -0.4 is 19.5 Å². The van der Waals surface area contributed by atoms with Crippen molar-refractivity contribution in [1.29, 1.82) is 0 Å². The van der Waals surface area contributed by atoms with E-state index in [9.17, 15) is 18.0 Å². The highest BCUT2D eigenvalue weighted by Gasteiger charge is 2.24. The Morgan fingerprint density at radius 2 is 1.56 bits per heavy atom. The van der Waals surface area contributed by atoms with Crippen molar-refractivity contribution in [1.82, 2.24) is 4.31 Å². The van der Waals surface area contributed by atoms with Crippen molar-refractivity contribution < 1.29 is 37.0 Å². The van der Waals surface area contributed by atoms with Gasteiger partial charge in [0.25, 0.3) is 5.91 Å². The number of hydrogen-bond acceptors (Lipinski definition) is 8. The molecule has 3 aromatic carbocycles. The molecule has 3 aromatic rings. The predicted octanol–water partition coefficient (Wildman–Crippen LogP) is 4.62. The summed E-state index contributed by atoms with van der Waals surface area (Å²) in [6, 6.07) is 13.3. The molecule has 0 aliphatic heterocycles. The molecule has 0 unspecified atom stereocenters. The normalized spacial score (nSPS) is 11.2. The van der Waals surface area contributed by atoms with Crippen molar-refractivity contribution in [3.05, 3.63) is 76.3 Å². The van der Waals surface area contributed by atoms with Gasteiger partial charge in [0.1, 0.15) is 5.75 Å². The fourth-order valence-electron chi connectivity index (χ4n) is 3.71. The molecule has 0 radical (unpaired) electrons. The van der Waals surface area contributed by atoms with Crippen molar-refractivity contribution >= 4 is 39.2 Å². The molecule has 3 rings (SSSR count). The Hall–Kier alpha value is -3.80. The van der Waals surface area contributed by atoms with Crippen LogP contribution in [0.5, 0.6) is 17.2 Å². The second kappa shape index (κ2) is 12.8. The van der Waals surface area contributed by atoms with Gasteiger partial charge in [-0.25, -0.2) is 13.2 Å². The number of carbonyl (C=O) groups is 2. The van der Waals surface area contributed by atoms with Crippen molar-refractivity contribution in [3.8, 4) is 17.2 Å². The van der Waals surface area contributed by atoms with Crippen LogP contribution in [0.3, 0.4) is 0 Å². The number of ether oxygens (including phenoxy) is 4. The van der Waals surface area contributed by atoms with Crippen molar-refractivity contribution in [3.63, 3.8) is 0 Å². The number of nitrogens with one attached hydrogen (secondary N) is 1. The highest BCUT2D eigenvalue weighted by molar-refractivity contribution is 7.89. The molecule has 0 saturated heterocycles. The van der Waals surface area contributed by atoms with E-state index in [1.165, 1.54) is 76.9 Å². The van der Waals surface area contributed by atoms with E-state index in [0.717, 1.165) is 4.31 Å². The van der Waals surface area contributed by atoms with Crippen molar-refractivity contribution in [2.45, 2.75) is 18.4 Å². The zero-order valence-corrected chi connectivity index (χ0v) is 23.7. The summed E-state index contributed by atoms with van der Waals surface area (Å²) in [5.41, 5.74) is 0.868. The Balaban J connectivity index is 1.95. The van der Waals surface area contributed by atoms with Gasteiger partial charge >= 0.3 is 5.97 Å². The van der Waals surface area contributed by atoms with Gasteiger partial charge in [0.15, 0.2) is 11.5 Å². The van der Waals surface area contributed by atoms with E-state index in [0.29, 0.717) is 28.7 Å². The number of carbonyl (C=O) groups excluding carboxylic acids is 2. The summed E-state index contributed by atoms with van der Waals surface area (Å²) in [7, 11) is 1.64. The first-order valence-corrected chi connectivity index (χ1v) is 13.5. The molecular weight excluding hydrogens is 548 g/mol. The molecule has 1 amide bonds. The number of halogens is 1. The Morgan fingerprint density at radius 1 is 0.923 bits per heavy atom. The van der Waals surface area contributed by atoms with Crippen LogP contribution in [0.15, 0.2) is 59.5 Å². The van der Waals surface area contributed by atoms with Crippen molar-refractivity contribution in [2.24, 2.45) is 0 Å². The van der Waals surface area contributed by atoms with E-state index in [4.69, 9.17) is 30.5 Å². The number of anilines is 1. The third-order valence-electron chi connectivity index (χ3n) is 5.71. The first-order chi connectivity index (χ1) is 18.5. The summed E-state index contributed by atoms with van der Waals surface area (Å²) in [5.74, 6) is -0.243. The Morgan fingerprint density at radius 3 is 2.15 bits per heavy atom. The topological polar surface area (TPSA) is 120 Å². The summed E-state index contributed by atoms with van der Waals surface area (Å²) in [6.07, 6.45) is 0. The molecule has 0 spiro atoms. The van der Waals surface area contributed by atoms with Gasteiger partial charge in [-0.05, 0) is 49.4 Å². The van der Waals surface area contributed by atoms with Gasteiger partial charge in [-0.1, -0.05) is 11.6 Å². The molecule has 39 heavy (non-hydrogen) atoms. The maximum Gasteiger partial charge on any atom is 0.340 e. The van der Waals surface area contributed by atoms with E-state index in [1.54, 1.807) is 13.0 Å². The maximum absolute atomic E-state index is 13.3. The lowest BCUT2D eigenvalue weighted by Gasteiger charge is -2.20. The smallest absolute Gasteiger partial charge is 0.340 e. The van der Waals surface area contributed by atoms with E-state index < -0.39 is 21.9 Å². The molecule has 0 fully saturated rings. The van der Waals surface area contributed by atoms with Crippen LogP contribution in [-0.2, 0) is 21.3 Å². The molecule has 1 N–H and O–H groups in total. The molecule has 0 heterocycles. The van der Waals surface area contributed by atoms with Crippen LogP contribution in [-0.4, -0.2) is 59.6 Å². The predicted molar refractivity (Wildman–Crippen MR) is 147 cm³/mol. The van der Waals surface area contributed by atoms with Crippen LogP contribution in [0.25, 0.3) is 0 Å². The summed E-state index contributed by atoms with van der Waals surface area (Å²) < 4.78 is 48.5. The quantitative estimate of drug-likeness (QED) is 0.328. The van der Waals surface area contributed by atoms with Gasteiger partial charge in [0.2, 0.25) is 10.0 Å². The van der Waals surface area contributed by atoms with Gasteiger partial charge in [-0.2, -0.15) is 4.31 Å². The lowest BCUT2D eigenvalue weighted by Crippen LogP contribution is -2.27.